The van der Waals surface area contributed by atoms with Crippen molar-refractivity contribution >= 4 is 49.6 Å². The summed E-state index contributed by atoms with van der Waals surface area (Å²) in [6, 6.07) is 14.1. The number of carbonyl (C=O) groups is 2. The highest BCUT2D eigenvalue weighted by molar-refractivity contribution is 7.94. The predicted octanol–water partition coefficient (Wildman–Crippen LogP) is 3.30. The Balaban J connectivity index is 1.67. The number of thiophene rings is 1. The first kappa shape index (κ1) is 21.3. The second-order valence-electron chi connectivity index (χ2n) is 7.46. The second-order valence-corrected chi connectivity index (χ2v) is 10.3. The van der Waals surface area contributed by atoms with E-state index < -0.39 is 10.0 Å². The van der Waals surface area contributed by atoms with Crippen LogP contribution in [0.5, 0.6) is 0 Å². The number of anilines is 1. The lowest BCUT2D eigenvalue weighted by molar-refractivity contribution is -0.125. The Kier molecular flexibility index (Phi) is 5.97. The number of likely N-dealkylation sites (tertiary alicyclic amines) is 1. The fraction of sp³-hybridized carbons (Fsp3) is 0.273. The molecule has 0 spiro atoms. The van der Waals surface area contributed by atoms with Crippen LogP contribution in [-0.2, 0) is 14.8 Å². The van der Waals surface area contributed by atoms with E-state index in [1.165, 1.54) is 6.07 Å². The SMILES string of the molecule is CNC(=O)C1CCN(C(=O)c2cc3ccccc3cc2NS(=O)(=O)c2cccs2)CC1. The normalized spacial score (nSPS) is 15.1. The van der Waals surface area contributed by atoms with Crippen LogP contribution in [0.4, 0.5) is 5.69 Å². The van der Waals surface area contributed by atoms with Crippen LogP contribution in [-0.4, -0.2) is 45.3 Å². The first-order valence-corrected chi connectivity index (χ1v) is 12.4. The number of nitrogens with one attached hydrogen (secondary N) is 2. The number of piperidine rings is 1. The Morgan fingerprint density at radius 2 is 1.71 bits per heavy atom. The molecule has 2 heterocycles. The molecule has 3 aromatic rings. The molecule has 0 radical (unpaired) electrons. The van der Waals surface area contributed by atoms with Crippen LogP contribution in [0.3, 0.4) is 0 Å². The van der Waals surface area contributed by atoms with Gasteiger partial charge in [-0.3, -0.25) is 14.3 Å². The third-order valence-corrected chi connectivity index (χ3v) is 8.28. The lowest BCUT2D eigenvalue weighted by atomic mass is 9.95. The average Bonchev–Trinajstić information content (AvgIpc) is 3.34. The molecule has 0 aliphatic carbocycles. The van der Waals surface area contributed by atoms with Crippen LogP contribution in [0.2, 0.25) is 0 Å². The van der Waals surface area contributed by atoms with Crippen molar-refractivity contribution in [2.75, 3.05) is 24.9 Å². The highest BCUT2D eigenvalue weighted by Gasteiger charge is 2.29. The fourth-order valence-electron chi connectivity index (χ4n) is 3.83. The van der Waals surface area contributed by atoms with E-state index in [4.69, 9.17) is 0 Å². The first-order chi connectivity index (χ1) is 14.9. The number of benzene rings is 2. The summed E-state index contributed by atoms with van der Waals surface area (Å²) in [5, 5.41) is 6.04. The molecule has 1 aliphatic rings. The minimum absolute atomic E-state index is 0.0119. The van der Waals surface area contributed by atoms with Crippen molar-refractivity contribution in [3.05, 3.63) is 59.5 Å². The Hall–Kier alpha value is -2.91. The molecule has 1 saturated heterocycles. The van der Waals surface area contributed by atoms with Gasteiger partial charge in [-0.15, -0.1) is 11.3 Å². The van der Waals surface area contributed by atoms with Crippen molar-refractivity contribution in [1.29, 1.82) is 0 Å². The van der Waals surface area contributed by atoms with Crippen LogP contribution in [0.25, 0.3) is 10.8 Å². The molecule has 1 fully saturated rings. The lowest BCUT2D eigenvalue weighted by Crippen LogP contribution is -2.42. The summed E-state index contributed by atoms with van der Waals surface area (Å²) in [6.45, 7) is 0.891. The zero-order valence-electron chi connectivity index (χ0n) is 17.0. The molecule has 2 aromatic carbocycles. The van der Waals surface area contributed by atoms with Crippen LogP contribution in [0.1, 0.15) is 23.2 Å². The van der Waals surface area contributed by atoms with E-state index in [2.05, 4.69) is 10.0 Å². The van der Waals surface area contributed by atoms with Crippen LogP contribution >= 0.6 is 11.3 Å². The Bertz CT molecular complexity index is 1210. The van der Waals surface area contributed by atoms with Crippen molar-refractivity contribution in [3.63, 3.8) is 0 Å². The molecule has 0 bridgehead atoms. The number of nitrogens with zero attached hydrogens (tertiary/aromatic N) is 1. The van der Waals surface area contributed by atoms with E-state index in [1.54, 1.807) is 35.5 Å². The molecule has 2 N–H and O–H groups in total. The number of amides is 2. The summed E-state index contributed by atoms with van der Waals surface area (Å²) in [5.41, 5.74) is 0.558. The Labute approximate surface area is 185 Å². The molecule has 1 aliphatic heterocycles. The number of fused-ring (bicyclic) bond motifs is 1. The maximum Gasteiger partial charge on any atom is 0.271 e. The first-order valence-electron chi connectivity index (χ1n) is 9.99. The molecule has 162 valence electrons. The highest BCUT2D eigenvalue weighted by Crippen LogP contribution is 2.30. The van der Waals surface area contributed by atoms with Crippen LogP contribution in [0.15, 0.2) is 58.1 Å². The standard InChI is InChI=1S/C22H23N3O4S2/c1-23-21(26)15-8-10-25(11-9-15)22(27)18-13-16-5-2-3-6-17(16)14-19(18)24-31(28,29)20-7-4-12-30-20/h2-7,12-15,24H,8-11H2,1H3,(H,23,26). The van der Waals surface area contributed by atoms with Gasteiger partial charge in [0.25, 0.3) is 15.9 Å². The van der Waals surface area contributed by atoms with Gasteiger partial charge in [0.15, 0.2) is 0 Å². The average molecular weight is 458 g/mol. The third kappa shape index (κ3) is 4.42. The van der Waals surface area contributed by atoms with Gasteiger partial charge in [-0.05, 0) is 47.2 Å². The largest absolute Gasteiger partial charge is 0.359 e. The number of rotatable bonds is 5. The molecule has 31 heavy (non-hydrogen) atoms. The van der Waals surface area contributed by atoms with Gasteiger partial charge in [0.1, 0.15) is 4.21 Å². The fourth-order valence-corrected chi connectivity index (χ4v) is 5.90. The number of sulfonamides is 1. The van der Waals surface area contributed by atoms with Crippen LogP contribution in [0, 0.1) is 5.92 Å². The summed E-state index contributed by atoms with van der Waals surface area (Å²) in [5.74, 6) is -0.366. The molecule has 4 rings (SSSR count). The summed E-state index contributed by atoms with van der Waals surface area (Å²) < 4.78 is 28.5. The second kappa shape index (κ2) is 8.68. The van der Waals surface area contributed by atoms with E-state index in [0.717, 1.165) is 22.1 Å². The van der Waals surface area contributed by atoms with E-state index in [-0.39, 0.29) is 27.6 Å². The quantitative estimate of drug-likeness (QED) is 0.615. The monoisotopic (exact) mass is 457 g/mol. The molecule has 7 nitrogen and oxygen atoms in total. The molecule has 0 saturated carbocycles. The minimum atomic E-state index is -3.80. The molecular formula is C22H23N3O4S2. The lowest BCUT2D eigenvalue weighted by Gasteiger charge is -2.31. The Morgan fingerprint density at radius 1 is 1.03 bits per heavy atom. The smallest absolute Gasteiger partial charge is 0.271 e. The van der Waals surface area contributed by atoms with Gasteiger partial charge in [0.2, 0.25) is 5.91 Å². The van der Waals surface area contributed by atoms with E-state index in [0.29, 0.717) is 31.5 Å². The van der Waals surface area contributed by atoms with Crippen molar-refractivity contribution < 1.29 is 18.0 Å². The van der Waals surface area contributed by atoms with Gasteiger partial charge < -0.3 is 10.2 Å². The zero-order valence-corrected chi connectivity index (χ0v) is 18.6. The predicted molar refractivity (Wildman–Crippen MR) is 122 cm³/mol. The highest BCUT2D eigenvalue weighted by atomic mass is 32.2. The third-order valence-electron chi connectivity index (χ3n) is 5.52. The molecule has 9 heteroatoms. The van der Waals surface area contributed by atoms with E-state index in [1.807, 2.05) is 24.3 Å². The molecule has 0 atom stereocenters. The van der Waals surface area contributed by atoms with Gasteiger partial charge in [-0.1, -0.05) is 30.3 Å². The zero-order chi connectivity index (χ0) is 22.0. The Morgan fingerprint density at radius 3 is 2.32 bits per heavy atom. The van der Waals surface area contributed by atoms with Crippen molar-refractivity contribution in [2.45, 2.75) is 17.1 Å². The van der Waals surface area contributed by atoms with Crippen molar-refractivity contribution in [2.24, 2.45) is 5.92 Å². The van der Waals surface area contributed by atoms with Crippen molar-refractivity contribution in [1.82, 2.24) is 10.2 Å². The molecular weight excluding hydrogens is 434 g/mol. The van der Waals surface area contributed by atoms with Gasteiger partial charge in [-0.25, -0.2) is 8.42 Å². The topological polar surface area (TPSA) is 95.6 Å². The number of hydrogen-bond acceptors (Lipinski definition) is 5. The number of carbonyl (C=O) groups excluding carboxylic acids is 2. The van der Waals surface area contributed by atoms with E-state index >= 15 is 0 Å². The van der Waals surface area contributed by atoms with Crippen molar-refractivity contribution in [3.8, 4) is 0 Å². The van der Waals surface area contributed by atoms with Gasteiger partial charge in [0, 0.05) is 26.1 Å². The summed E-state index contributed by atoms with van der Waals surface area (Å²) in [6.07, 6.45) is 1.16. The van der Waals surface area contributed by atoms with Gasteiger partial charge in [0.05, 0.1) is 11.3 Å². The number of hydrogen-bond donors (Lipinski definition) is 2. The van der Waals surface area contributed by atoms with Crippen LogP contribution < -0.4 is 10.0 Å². The molecule has 1 aromatic heterocycles. The molecule has 2 amide bonds. The molecule has 0 unspecified atom stereocenters. The maximum absolute atomic E-state index is 13.4. The van der Waals surface area contributed by atoms with Gasteiger partial charge in [-0.2, -0.15) is 0 Å². The van der Waals surface area contributed by atoms with Gasteiger partial charge >= 0.3 is 0 Å². The summed E-state index contributed by atoms with van der Waals surface area (Å²) in [7, 11) is -2.19. The van der Waals surface area contributed by atoms with E-state index in [9.17, 15) is 18.0 Å². The summed E-state index contributed by atoms with van der Waals surface area (Å²) in [4.78, 5) is 27.0. The maximum atomic E-state index is 13.4. The minimum Gasteiger partial charge on any atom is -0.359 e. The summed E-state index contributed by atoms with van der Waals surface area (Å²) >= 11 is 1.12.